The van der Waals surface area contributed by atoms with E-state index in [4.69, 9.17) is 19.5 Å². The number of nitrogens with one attached hydrogen (secondary N) is 1. The Kier molecular flexibility index (Phi) is 9.00. The van der Waals surface area contributed by atoms with Gasteiger partial charge in [-0.1, -0.05) is 15.9 Å². The molecule has 1 N–H and O–H groups in total. The van der Waals surface area contributed by atoms with Gasteiger partial charge in [0.25, 0.3) is 0 Å². The molecular weight excluding hydrogens is 324 g/mol. The summed E-state index contributed by atoms with van der Waals surface area (Å²) < 4.78 is 16.4. The average molecular weight is 343 g/mol. The second-order valence-corrected chi connectivity index (χ2v) is 4.86. The average Bonchev–Trinajstić information content (AvgIpc) is 2.46. The zero-order chi connectivity index (χ0) is 14.6. The summed E-state index contributed by atoms with van der Waals surface area (Å²) in [5.41, 5.74) is 1.43. The fourth-order valence-electron chi connectivity index (χ4n) is 1.49. The second kappa shape index (κ2) is 10.6. The third-order valence-corrected chi connectivity index (χ3v) is 2.96. The molecule has 0 saturated heterocycles. The van der Waals surface area contributed by atoms with Crippen LogP contribution in [-0.2, 0) is 14.2 Å². The summed E-state index contributed by atoms with van der Waals surface area (Å²) in [4.78, 5) is 0. The summed E-state index contributed by atoms with van der Waals surface area (Å²) in [6.45, 7) is 3.51. The fraction of sp³-hybridized carbons (Fsp3) is 0.500. The highest BCUT2D eigenvalue weighted by Gasteiger charge is 2.01. The number of nitrogens with zero attached hydrogens (tertiary/aromatic N) is 1. The van der Waals surface area contributed by atoms with E-state index >= 15 is 0 Å². The summed E-state index contributed by atoms with van der Waals surface area (Å²) >= 11 is 3.34. The molecule has 0 heterocycles. The van der Waals surface area contributed by atoms with E-state index in [1.165, 1.54) is 0 Å². The first-order valence-corrected chi connectivity index (χ1v) is 7.15. The SMILES string of the molecule is COCCOCCOCCNc1ccc(Br)cc1C#N. The molecule has 0 aliphatic heterocycles. The number of methoxy groups -OCH3 is 1. The summed E-state index contributed by atoms with van der Waals surface area (Å²) in [6, 6.07) is 7.70. The molecule has 1 aromatic rings. The van der Waals surface area contributed by atoms with Gasteiger partial charge in [0.1, 0.15) is 6.07 Å². The van der Waals surface area contributed by atoms with Gasteiger partial charge in [-0.25, -0.2) is 0 Å². The Bertz CT molecular complexity index is 435. The first-order valence-electron chi connectivity index (χ1n) is 6.36. The molecular formula is C14H19BrN2O3. The lowest BCUT2D eigenvalue weighted by molar-refractivity contribution is 0.0272. The highest BCUT2D eigenvalue weighted by Crippen LogP contribution is 2.19. The summed E-state index contributed by atoms with van der Waals surface area (Å²) in [7, 11) is 1.64. The van der Waals surface area contributed by atoms with Crippen LogP contribution in [0.1, 0.15) is 5.56 Å². The van der Waals surface area contributed by atoms with Crippen molar-refractivity contribution in [2.75, 3.05) is 52.0 Å². The summed E-state index contributed by atoms with van der Waals surface area (Å²) in [5.74, 6) is 0. The van der Waals surface area contributed by atoms with Crippen LogP contribution >= 0.6 is 15.9 Å². The smallest absolute Gasteiger partial charge is 0.101 e. The van der Waals surface area contributed by atoms with Crippen molar-refractivity contribution in [3.63, 3.8) is 0 Å². The molecule has 110 valence electrons. The van der Waals surface area contributed by atoms with Gasteiger partial charge in [0, 0.05) is 18.1 Å². The van der Waals surface area contributed by atoms with Gasteiger partial charge in [-0.15, -0.1) is 0 Å². The maximum atomic E-state index is 9.02. The zero-order valence-corrected chi connectivity index (χ0v) is 13.1. The molecule has 0 amide bonds. The number of hydrogen-bond acceptors (Lipinski definition) is 5. The summed E-state index contributed by atoms with van der Waals surface area (Å²) in [5, 5.41) is 12.2. The van der Waals surface area contributed by atoms with E-state index in [1.807, 2.05) is 12.1 Å². The minimum Gasteiger partial charge on any atom is -0.382 e. The Morgan fingerprint density at radius 2 is 1.85 bits per heavy atom. The van der Waals surface area contributed by atoms with E-state index < -0.39 is 0 Å². The van der Waals surface area contributed by atoms with Gasteiger partial charge in [-0.2, -0.15) is 5.26 Å². The molecule has 0 aromatic heterocycles. The van der Waals surface area contributed by atoms with Gasteiger partial charge in [-0.05, 0) is 18.2 Å². The van der Waals surface area contributed by atoms with Crippen LogP contribution in [0.4, 0.5) is 5.69 Å². The van der Waals surface area contributed by atoms with E-state index in [0.717, 1.165) is 10.2 Å². The molecule has 0 atom stereocenters. The van der Waals surface area contributed by atoms with E-state index in [0.29, 0.717) is 45.1 Å². The Balaban J connectivity index is 2.11. The number of rotatable bonds is 10. The van der Waals surface area contributed by atoms with Gasteiger partial charge in [0.05, 0.1) is 44.3 Å². The monoisotopic (exact) mass is 342 g/mol. The van der Waals surface area contributed by atoms with Crippen LogP contribution < -0.4 is 5.32 Å². The third kappa shape index (κ3) is 6.87. The van der Waals surface area contributed by atoms with Crippen LogP contribution in [-0.4, -0.2) is 46.7 Å². The van der Waals surface area contributed by atoms with Gasteiger partial charge < -0.3 is 19.5 Å². The highest BCUT2D eigenvalue weighted by atomic mass is 79.9. The Hall–Kier alpha value is -1.13. The molecule has 6 heteroatoms. The van der Waals surface area contributed by atoms with Crippen molar-refractivity contribution >= 4 is 21.6 Å². The van der Waals surface area contributed by atoms with Crippen molar-refractivity contribution in [1.82, 2.24) is 0 Å². The van der Waals surface area contributed by atoms with Gasteiger partial charge >= 0.3 is 0 Å². The Morgan fingerprint density at radius 3 is 2.55 bits per heavy atom. The van der Waals surface area contributed by atoms with Crippen molar-refractivity contribution in [2.24, 2.45) is 0 Å². The normalized spacial score (nSPS) is 10.2. The largest absolute Gasteiger partial charge is 0.382 e. The van der Waals surface area contributed by atoms with Crippen molar-refractivity contribution in [3.8, 4) is 6.07 Å². The zero-order valence-electron chi connectivity index (χ0n) is 11.5. The first-order chi connectivity index (χ1) is 9.77. The molecule has 1 aromatic carbocycles. The number of hydrogen-bond donors (Lipinski definition) is 1. The van der Waals surface area contributed by atoms with Crippen LogP contribution in [0.5, 0.6) is 0 Å². The Labute approximate surface area is 128 Å². The van der Waals surface area contributed by atoms with Crippen LogP contribution in [0, 0.1) is 11.3 Å². The minimum absolute atomic E-state index is 0.552. The van der Waals surface area contributed by atoms with Crippen LogP contribution in [0.2, 0.25) is 0 Å². The summed E-state index contributed by atoms with van der Waals surface area (Å²) in [6.07, 6.45) is 0. The lowest BCUT2D eigenvalue weighted by Crippen LogP contribution is -2.14. The van der Waals surface area contributed by atoms with Crippen LogP contribution in [0.15, 0.2) is 22.7 Å². The topological polar surface area (TPSA) is 63.5 Å². The molecule has 0 fully saturated rings. The van der Waals surface area contributed by atoms with Crippen LogP contribution in [0.25, 0.3) is 0 Å². The molecule has 5 nitrogen and oxygen atoms in total. The van der Waals surface area contributed by atoms with Crippen molar-refractivity contribution in [3.05, 3.63) is 28.2 Å². The maximum absolute atomic E-state index is 9.02. The molecule has 0 unspecified atom stereocenters. The third-order valence-electron chi connectivity index (χ3n) is 2.47. The quantitative estimate of drug-likeness (QED) is 0.661. The van der Waals surface area contributed by atoms with Crippen molar-refractivity contribution in [2.45, 2.75) is 0 Å². The molecule has 0 bridgehead atoms. The fourth-order valence-corrected chi connectivity index (χ4v) is 1.85. The number of anilines is 1. The van der Waals surface area contributed by atoms with E-state index in [-0.39, 0.29) is 0 Å². The van der Waals surface area contributed by atoms with Crippen molar-refractivity contribution < 1.29 is 14.2 Å². The van der Waals surface area contributed by atoms with E-state index in [2.05, 4.69) is 27.3 Å². The van der Waals surface area contributed by atoms with Crippen molar-refractivity contribution in [1.29, 1.82) is 5.26 Å². The Morgan fingerprint density at radius 1 is 1.15 bits per heavy atom. The first kappa shape index (κ1) is 16.9. The number of halogens is 1. The highest BCUT2D eigenvalue weighted by molar-refractivity contribution is 9.10. The maximum Gasteiger partial charge on any atom is 0.101 e. The number of nitriles is 1. The van der Waals surface area contributed by atoms with Crippen LogP contribution in [0.3, 0.4) is 0 Å². The molecule has 0 aliphatic carbocycles. The molecule has 1 rings (SSSR count). The van der Waals surface area contributed by atoms with E-state index in [1.54, 1.807) is 13.2 Å². The molecule has 0 saturated carbocycles. The van der Waals surface area contributed by atoms with Gasteiger partial charge in [0.15, 0.2) is 0 Å². The van der Waals surface area contributed by atoms with E-state index in [9.17, 15) is 0 Å². The molecule has 0 spiro atoms. The predicted molar refractivity (Wildman–Crippen MR) is 80.9 cm³/mol. The lowest BCUT2D eigenvalue weighted by Gasteiger charge is -2.09. The molecule has 20 heavy (non-hydrogen) atoms. The van der Waals surface area contributed by atoms with Gasteiger partial charge in [-0.3, -0.25) is 0 Å². The standard InChI is InChI=1S/C14H19BrN2O3/c1-18-6-7-20-9-8-19-5-4-17-14-3-2-13(15)10-12(14)11-16/h2-3,10,17H,4-9H2,1H3. The van der Waals surface area contributed by atoms with Gasteiger partial charge in [0.2, 0.25) is 0 Å². The number of benzene rings is 1. The second-order valence-electron chi connectivity index (χ2n) is 3.95. The molecule has 0 radical (unpaired) electrons. The predicted octanol–water partition coefficient (Wildman–Crippen LogP) is 2.41. The molecule has 0 aliphatic rings. The minimum atomic E-state index is 0.552. The number of ether oxygens (including phenoxy) is 3. The lowest BCUT2D eigenvalue weighted by atomic mass is 10.2.